The first-order valence-corrected chi connectivity index (χ1v) is 12.2. The standard InChI is InChI=1S/C22H27N5O5S/c1-31-19-5-3-18(17-20(19)33(29,30)27-13-15-32-16-14-27)4-6-21(28)25-9-11-26(12-10-25)22-23-7-2-8-24-22/h2-8,17H,9-16H2,1H3. The lowest BCUT2D eigenvalue weighted by Gasteiger charge is -2.34. The van der Waals surface area contributed by atoms with Crippen molar-refractivity contribution in [2.24, 2.45) is 0 Å². The second-order valence-electron chi connectivity index (χ2n) is 7.62. The Balaban J connectivity index is 1.44. The molecule has 0 spiro atoms. The summed E-state index contributed by atoms with van der Waals surface area (Å²) in [6, 6.07) is 6.64. The Kier molecular flexibility index (Phi) is 7.21. The average molecular weight is 474 g/mol. The Bertz CT molecular complexity index is 1100. The summed E-state index contributed by atoms with van der Waals surface area (Å²) >= 11 is 0. The summed E-state index contributed by atoms with van der Waals surface area (Å²) in [5, 5.41) is 0. The first kappa shape index (κ1) is 23.1. The van der Waals surface area contributed by atoms with Gasteiger partial charge in [0.2, 0.25) is 21.9 Å². The first-order chi connectivity index (χ1) is 16.0. The van der Waals surface area contributed by atoms with Crippen molar-refractivity contribution in [1.29, 1.82) is 0 Å². The second-order valence-corrected chi connectivity index (χ2v) is 9.53. The smallest absolute Gasteiger partial charge is 0.246 e. The molecule has 1 aromatic carbocycles. The van der Waals surface area contributed by atoms with Crippen LogP contribution in [0.4, 0.5) is 5.95 Å². The molecule has 0 N–H and O–H groups in total. The van der Waals surface area contributed by atoms with Crippen LogP contribution in [0.1, 0.15) is 5.56 Å². The zero-order valence-electron chi connectivity index (χ0n) is 18.5. The van der Waals surface area contributed by atoms with Crippen LogP contribution in [0, 0.1) is 0 Å². The summed E-state index contributed by atoms with van der Waals surface area (Å²) in [6.45, 7) is 3.72. The number of carbonyl (C=O) groups excluding carboxylic acids is 1. The number of benzene rings is 1. The molecule has 0 atom stereocenters. The largest absolute Gasteiger partial charge is 0.495 e. The van der Waals surface area contributed by atoms with Gasteiger partial charge >= 0.3 is 0 Å². The number of nitrogens with zero attached hydrogens (tertiary/aromatic N) is 5. The molecule has 0 unspecified atom stereocenters. The van der Waals surface area contributed by atoms with Gasteiger partial charge in [0.1, 0.15) is 10.6 Å². The molecule has 0 radical (unpaired) electrons. The Morgan fingerprint density at radius 2 is 1.76 bits per heavy atom. The van der Waals surface area contributed by atoms with Gasteiger partial charge in [0.15, 0.2) is 0 Å². The topological polar surface area (TPSA) is 105 Å². The van der Waals surface area contributed by atoms with Gasteiger partial charge in [-0.05, 0) is 29.8 Å². The van der Waals surface area contributed by atoms with Gasteiger partial charge in [0, 0.05) is 57.7 Å². The highest BCUT2D eigenvalue weighted by Crippen LogP contribution is 2.29. The monoisotopic (exact) mass is 473 g/mol. The molecule has 4 rings (SSSR count). The van der Waals surface area contributed by atoms with Crippen molar-refractivity contribution in [3.63, 3.8) is 0 Å². The molecule has 33 heavy (non-hydrogen) atoms. The number of hydrogen-bond donors (Lipinski definition) is 0. The van der Waals surface area contributed by atoms with E-state index in [1.165, 1.54) is 23.6 Å². The summed E-state index contributed by atoms with van der Waals surface area (Å²) in [5.74, 6) is 0.800. The molecule has 0 aliphatic carbocycles. The third-order valence-corrected chi connectivity index (χ3v) is 7.54. The summed E-state index contributed by atoms with van der Waals surface area (Å²) in [6.07, 6.45) is 6.50. The van der Waals surface area contributed by atoms with Gasteiger partial charge in [-0.1, -0.05) is 6.07 Å². The zero-order valence-corrected chi connectivity index (χ0v) is 19.3. The number of anilines is 1. The number of methoxy groups -OCH3 is 1. The van der Waals surface area contributed by atoms with Crippen molar-refractivity contribution >= 4 is 28.0 Å². The van der Waals surface area contributed by atoms with Crippen molar-refractivity contribution in [3.8, 4) is 5.75 Å². The van der Waals surface area contributed by atoms with Crippen LogP contribution < -0.4 is 9.64 Å². The van der Waals surface area contributed by atoms with Crippen LogP contribution in [0.5, 0.6) is 5.75 Å². The number of carbonyl (C=O) groups is 1. The number of aromatic nitrogens is 2. The molecule has 176 valence electrons. The van der Waals surface area contributed by atoms with E-state index in [-0.39, 0.29) is 16.6 Å². The van der Waals surface area contributed by atoms with E-state index in [1.54, 1.807) is 41.6 Å². The van der Waals surface area contributed by atoms with Gasteiger partial charge < -0.3 is 19.3 Å². The Morgan fingerprint density at radius 1 is 1.06 bits per heavy atom. The Labute approximate surface area is 193 Å². The van der Waals surface area contributed by atoms with E-state index in [9.17, 15) is 13.2 Å². The van der Waals surface area contributed by atoms with E-state index in [1.807, 2.05) is 4.90 Å². The lowest BCUT2D eigenvalue weighted by Crippen LogP contribution is -2.48. The molecule has 1 amide bonds. The predicted molar refractivity (Wildman–Crippen MR) is 122 cm³/mol. The maximum absolute atomic E-state index is 13.1. The molecule has 11 heteroatoms. The van der Waals surface area contributed by atoms with Crippen molar-refractivity contribution in [2.45, 2.75) is 4.90 Å². The summed E-state index contributed by atoms with van der Waals surface area (Å²) < 4.78 is 38.2. The van der Waals surface area contributed by atoms with Crippen LogP contribution in [0.3, 0.4) is 0 Å². The Morgan fingerprint density at radius 3 is 2.42 bits per heavy atom. The lowest BCUT2D eigenvalue weighted by atomic mass is 10.2. The number of sulfonamides is 1. The maximum Gasteiger partial charge on any atom is 0.246 e. The fourth-order valence-corrected chi connectivity index (χ4v) is 5.38. The highest BCUT2D eigenvalue weighted by atomic mass is 32.2. The molecule has 0 saturated carbocycles. The van der Waals surface area contributed by atoms with Gasteiger partial charge in [0.25, 0.3) is 0 Å². The van der Waals surface area contributed by atoms with Crippen LogP contribution in [0.2, 0.25) is 0 Å². The van der Waals surface area contributed by atoms with Gasteiger partial charge in [0.05, 0.1) is 20.3 Å². The fourth-order valence-electron chi connectivity index (χ4n) is 3.78. The number of morpholine rings is 1. The van der Waals surface area contributed by atoms with E-state index in [0.29, 0.717) is 64.0 Å². The van der Waals surface area contributed by atoms with Crippen LogP contribution in [0.25, 0.3) is 6.08 Å². The molecule has 10 nitrogen and oxygen atoms in total. The zero-order chi connectivity index (χ0) is 23.3. The highest BCUT2D eigenvalue weighted by molar-refractivity contribution is 7.89. The minimum Gasteiger partial charge on any atom is -0.495 e. The molecule has 2 aliphatic heterocycles. The fraction of sp³-hybridized carbons (Fsp3) is 0.409. The quantitative estimate of drug-likeness (QED) is 0.569. The average Bonchev–Trinajstić information content (AvgIpc) is 2.88. The van der Waals surface area contributed by atoms with Crippen molar-refractivity contribution in [2.75, 3.05) is 64.5 Å². The molecule has 1 aromatic heterocycles. The van der Waals surface area contributed by atoms with Crippen molar-refractivity contribution in [3.05, 3.63) is 48.3 Å². The maximum atomic E-state index is 13.1. The minimum atomic E-state index is -3.74. The third kappa shape index (κ3) is 5.32. The molecule has 2 aromatic rings. The second kappa shape index (κ2) is 10.3. The number of ether oxygens (including phenoxy) is 2. The Hall–Kier alpha value is -3.02. The van der Waals surface area contributed by atoms with Gasteiger partial charge in [-0.25, -0.2) is 18.4 Å². The first-order valence-electron chi connectivity index (χ1n) is 10.7. The predicted octanol–water partition coefficient (Wildman–Crippen LogP) is 0.868. The van der Waals surface area contributed by atoms with E-state index in [0.717, 1.165) is 0 Å². The molecule has 2 aliphatic rings. The van der Waals surface area contributed by atoms with Crippen molar-refractivity contribution < 1.29 is 22.7 Å². The van der Waals surface area contributed by atoms with E-state index < -0.39 is 10.0 Å². The number of piperazine rings is 1. The number of amides is 1. The van der Waals surface area contributed by atoms with Crippen LogP contribution in [0.15, 0.2) is 47.6 Å². The molecular weight excluding hydrogens is 446 g/mol. The molecule has 2 fully saturated rings. The number of rotatable bonds is 6. The number of hydrogen-bond acceptors (Lipinski definition) is 8. The van der Waals surface area contributed by atoms with E-state index in [4.69, 9.17) is 9.47 Å². The van der Waals surface area contributed by atoms with E-state index >= 15 is 0 Å². The molecule has 2 saturated heterocycles. The van der Waals surface area contributed by atoms with Gasteiger partial charge in [-0.3, -0.25) is 4.79 Å². The van der Waals surface area contributed by atoms with Crippen LogP contribution in [-0.2, 0) is 19.6 Å². The summed E-state index contributed by atoms with van der Waals surface area (Å²) in [4.78, 5) is 25.1. The molecule has 3 heterocycles. The highest BCUT2D eigenvalue weighted by Gasteiger charge is 2.29. The molecule has 0 bridgehead atoms. The van der Waals surface area contributed by atoms with Crippen molar-refractivity contribution in [1.82, 2.24) is 19.2 Å². The minimum absolute atomic E-state index is 0.0815. The van der Waals surface area contributed by atoms with E-state index in [2.05, 4.69) is 9.97 Å². The SMILES string of the molecule is COc1ccc(C=CC(=O)N2CCN(c3ncccn3)CC2)cc1S(=O)(=O)N1CCOCC1. The lowest BCUT2D eigenvalue weighted by molar-refractivity contribution is -0.126. The van der Waals surface area contributed by atoms with Gasteiger partial charge in [-0.15, -0.1) is 0 Å². The van der Waals surface area contributed by atoms with Crippen LogP contribution in [-0.4, -0.2) is 93.1 Å². The third-order valence-electron chi connectivity index (χ3n) is 5.62. The summed E-state index contributed by atoms with van der Waals surface area (Å²) in [5.41, 5.74) is 0.604. The van der Waals surface area contributed by atoms with Gasteiger partial charge in [-0.2, -0.15) is 4.31 Å². The normalized spacial score (nSPS) is 18.0. The molecular formula is C22H27N5O5S. The summed E-state index contributed by atoms with van der Waals surface area (Å²) in [7, 11) is -2.30. The van der Waals surface area contributed by atoms with Crippen LogP contribution >= 0.6 is 0 Å².